The Balaban J connectivity index is 1.29. The van der Waals surface area contributed by atoms with E-state index in [1.54, 1.807) is 29.2 Å². The van der Waals surface area contributed by atoms with Crippen molar-refractivity contribution in [1.29, 1.82) is 0 Å². The third kappa shape index (κ3) is 5.89. The number of aromatic nitrogens is 3. The first-order valence-electron chi connectivity index (χ1n) is 13.8. The number of anilines is 1. The van der Waals surface area contributed by atoms with Gasteiger partial charge in [0.1, 0.15) is 25.1 Å². The van der Waals surface area contributed by atoms with E-state index in [0.717, 1.165) is 11.1 Å². The zero-order chi connectivity index (χ0) is 29.9. The molecule has 2 aromatic heterocycles. The molecule has 4 aromatic rings. The van der Waals surface area contributed by atoms with Crippen molar-refractivity contribution in [3.8, 4) is 17.1 Å². The second kappa shape index (κ2) is 11.9. The van der Waals surface area contributed by atoms with E-state index < -0.39 is 11.9 Å². The number of carbonyl (C=O) groups is 1. The number of benzene rings is 2. The monoisotopic (exact) mass is 583 g/mol. The Morgan fingerprint density at radius 2 is 1.95 bits per heavy atom. The van der Waals surface area contributed by atoms with E-state index in [1.807, 2.05) is 37.3 Å². The molecule has 2 aromatic carbocycles. The Hall–Kier alpha value is -5.26. The van der Waals surface area contributed by atoms with E-state index in [1.165, 1.54) is 19.2 Å². The fourth-order valence-electron chi connectivity index (χ4n) is 5.37. The lowest BCUT2D eigenvalue weighted by Crippen LogP contribution is -2.39. The average Bonchev–Trinajstić information content (AvgIpc) is 3.35. The number of amidine groups is 1. The molecule has 0 bridgehead atoms. The van der Waals surface area contributed by atoms with Crippen LogP contribution >= 0.6 is 0 Å². The van der Waals surface area contributed by atoms with E-state index in [4.69, 9.17) is 20.0 Å². The van der Waals surface area contributed by atoms with E-state index in [-0.39, 0.29) is 31.2 Å². The van der Waals surface area contributed by atoms with E-state index in [0.29, 0.717) is 52.9 Å². The fraction of sp³-hybridized carbons (Fsp3) is 0.258. The van der Waals surface area contributed by atoms with Gasteiger partial charge in [0.2, 0.25) is 11.8 Å². The number of cyclic esters (lactones) is 1. The molecule has 6 rings (SSSR count). The van der Waals surface area contributed by atoms with Crippen LogP contribution in [0.25, 0.3) is 11.3 Å². The number of rotatable bonds is 8. The van der Waals surface area contributed by atoms with E-state index in [2.05, 4.69) is 25.4 Å². The van der Waals surface area contributed by atoms with Crippen LogP contribution in [0, 0.1) is 12.7 Å². The van der Waals surface area contributed by atoms with Crippen molar-refractivity contribution < 1.29 is 23.5 Å². The zero-order valence-electron chi connectivity index (χ0n) is 23.7. The average molecular weight is 584 g/mol. The van der Waals surface area contributed by atoms with Crippen LogP contribution in [-0.4, -0.2) is 58.1 Å². The first kappa shape index (κ1) is 27.9. The molecule has 43 heavy (non-hydrogen) atoms. The van der Waals surface area contributed by atoms with Crippen LogP contribution in [0.3, 0.4) is 0 Å². The SMILES string of the molecule is COc1cccc(-c2cc(F)ccc2C2Cc3nc(N)nc(C)c3C(=NOCC3COC(=O)N3Cc3ccccc3)N2)n1. The number of amides is 1. The highest BCUT2D eigenvalue weighted by Gasteiger charge is 2.34. The number of nitrogens with zero attached hydrogens (tertiary/aromatic N) is 5. The number of oxime groups is 1. The molecule has 0 aliphatic carbocycles. The predicted molar refractivity (Wildman–Crippen MR) is 157 cm³/mol. The van der Waals surface area contributed by atoms with Gasteiger partial charge in [-0.2, -0.15) is 0 Å². The summed E-state index contributed by atoms with van der Waals surface area (Å²) in [5.41, 5.74) is 10.9. The minimum absolute atomic E-state index is 0.105. The van der Waals surface area contributed by atoms with Crippen molar-refractivity contribution in [2.24, 2.45) is 5.16 Å². The molecule has 1 amide bonds. The second-order valence-corrected chi connectivity index (χ2v) is 10.3. The van der Waals surface area contributed by atoms with Crippen molar-refractivity contribution >= 4 is 17.9 Å². The van der Waals surface area contributed by atoms with Gasteiger partial charge in [0.25, 0.3) is 0 Å². The number of halogens is 1. The molecule has 4 heterocycles. The maximum Gasteiger partial charge on any atom is 0.410 e. The molecule has 2 aliphatic heterocycles. The summed E-state index contributed by atoms with van der Waals surface area (Å²) in [5, 5.41) is 7.89. The van der Waals surface area contributed by atoms with E-state index in [9.17, 15) is 9.18 Å². The Labute approximate surface area is 247 Å². The number of methoxy groups -OCH3 is 1. The number of nitrogens with one attached hydrogen (secondary N) is 1. The van der Waals surface area contributed by atoms with Gasteiger partial charge in [-0.25, -0.2) is 24.1 Å². The summed E-state index contributed by atoms with van der Waals surface area (Å²) in [4.78, 5) is 33.3. The molecule has 1 saturated heterocycles. The Morgan fingerprint density at radius 3 is 2.77 bits per heavy atom. The van der Waals surface area contributed by atoms with Crippen LogP contribution in [0.15, 0.2) is 71.9 Å². The molecule has 11 nitrogen and oxygen atoms in total. The summed E-state index contributed by atoms with van der Waals surface area (Å²) in [7, 11) is 1.53. The summed E-state index contributed by atoms with van der Waals surface area (Å²) in [5.74, 6) is 0.561. The quantitative estimate of drug-likeness (QED) is 0.293. The van der Waals surface area contributed by atoms with Gasteiger partial charge in [-0.05, 0) is 36.2 Å². The largest absolute Gasteiger partial charge is 0.481 e. The van der Waals surface area contributed by atoms with Crippen LogP contribution in [0.2, 0.25) is 0 Å². The van der Waals surface area contributed by atoms with Crippen LogP contribution in [0.4, 0.5) is 15.1 Å². The third-order valence-corrected chi connectivity index (χ3v) is 7.42. The Morgan fingerprint density at radius 1 is 1.12 bits per heavy atom. The topological polar surface area (TPSA) is 137 Å². The Kier molecular flexibility index (Phi) is 7.73. The number of hydrogen-bond acceptors (Lipinski definition) is 9. The maximum absolute atomic E-state index is 14.5. The second-order valence-electron chi connectivity index (χ2n) is 10.3. The summed E-state index contributed by atoms with van der Waals surface area (Å²) >= 11 is 0. The van der Waals surface area contributed by atoms with Crippen molar-refractivity contribution in [3.05, 3.63) is 101 Å². The molecule has 0 spiro atoms. The molecule has 2 atom stereocenters. The number of carbonyl (C=O) groups excluding carboxylic acids is 1. The molecule has 3 N–H and O–H groups in total. The van der Waals surface area contributed by atoms with Gasteiger partial charge in [-0.3, -0.25) is 4.90 Å². The summed E-state index contributed by atoms with van der Waals surface area (Å²) in [6.45, 7) is 2.51. The van der Waals surface area contributed by atoms with Crippen LogP contribution < -0.4 is 15.8 Å². The summed E-state index contributed by atoms with van der Waals surface area (Å²) in [6.07, 6.45) is 0.0291. The van der Waals surface area contributed by atoms with Crippen molar-refractivity contribution in [3.63, 3.8) is 0 Å². The standard InChI is InChI=1S/C31H30FN7O4/c1-18-28-26(37-30(33)34-18)14-25(22-12-11-20(32)13-23(22)24-9-6-10-27(35-24)41-2)36-29(28)38-43-17-21-16-42-31(40)39(21)15-19-7-4-3-5-8-19/h3-13,21,25H,14-17H2,1-2H3,(H,36,38)(H2,33,34,37). The maximum atomic E-state index is 14.5. The number of aryl methyl sites for hydroxylation is 1. The van der Waals surface area contributed by atoms with Gasteiger partial charge < -0.3 is 25.4 Å². The lowest BCUT2D eigenvalue weighted by molar-refractivity contribution is 0.0892. The fourth-order valence-corrected chi connectivity index (χ4v) is 5.37. The molecule has 2 unspecified atom stereocenters. The molecule has 1 fully saturated rings. The number of ether oxygens (including phenoxy) is 2. The minimum Gasteiger partial charge on any atom is -0.481 e. The summed E-state index contributed by atoms with van der Waals surface area (Å²) < 4.78 is 25.1. The van der Waals surface area contributed by atoms with Crippen molar-refractivity contribution in [1.82, 2.24) is 25.2 Å². The first-order chi connectivity index (χ1) is 20.9. The van der Waals surface area contributed by atoms with Crippen molar-refractivity contribution in [2.75, 3.05) is 26.1 Å². The number of nitrogens with two attached hydrogens (primary N) is 1. The normalized spacial score (nSPS) is 18.6. The van der Waals surface area contributed by atoms with Crippen LogP contribution in [0.5, 0.6) is 5.88 Å². The highest BCUT2D eigenvalue weighted by molar-refractivity contribution is 6.01. The lowest BCUT2D eigenvalue weighted by atomic mass is 9.90. The number of pyridine rings is 1. The van der Waals surface area contributed by atoms with Crippen molar-refractivity contribution in [2.45, 2.75) is 32.0 Å². The first-order valence-corrected chi connectivity index (χ1v) is 13.8. The molecular weight excluding hydrogens is 553 g/mol. The van der Waals surface area contributed by atoms with Gasteiger partial charge in [0.05, 0.1) is 35.8 Å². The van der Waals surface area contributed by atoms with Crippen LogP contribution in [0.1, 0.15) is 34.1 Å². The third-order valence-electron chi connectivity index (χ3n) is 7.42. The number of nitrogen functional groups attached to an aromatic ring is 1. The lowest BCUT2D eigenvalue weighted by Gasteiger charge is -2.29. The molecule has 12 heteroatoms. The molecule has 2 aliphatic rings. The Bertz CT molecular complexity index is 1680. The highest BCUT2D eigenvalue weighted by Crippen LogP contribution is 2.34. The smallest absolute Gasteiger partial charge is 0.410 e. The van der Waals surface area contributed by atoms with Gasteiger partial charge in [0.15, 0.2) is 5.84 Å². The van der Waals surface area contributed by atoms with Gasteiger partial charge in [-0.15, -0.1) is 0 Å². The van der Waals surface area contributed by atoms with Gasteiger partial charge >= 0.3 is 6.09 Å². The summed E-state index contributed by atoms with van der Waals surface area (Å²) in [6, 6.07) is 18.9. The molecule has 0 saturated carbocycles. The van der Waals surface area contributed by atoms with Gasteiger partial charge in [0, 0.05) is 24.6 Å². The van der Waals surface area contributed by atoms with Gasteiger partial charge in [-0.1, -0.05) is 47.6 Å². The zero-order valence-corrected chi connectivity index (χ0v) is 23.7. The van der Waals surface area contributed by atoms with E-state index >= 15 is 0 Å². The molecular formula is C31H30FN7O4. The van der Waals surface area contributed by atoms with Crippen LogP contribution in [-0.2, 0) is 22.5 Å². The highest BCUT2D eigenvalue weighted by atomic mass is 19.1. The predicted octanol–water partition coefficient (Wildman–Crippen LogP) is 4.16. The minimum atomic E-state index is -0.402. The number of hydrogen-bond donors (Lipinski definition) is 2. The number of fused-ring (bicyclic) bond motifs is 1. The molecule has 220 valence electrons. The molecule has 0 radical (unpaired) electrons.